The maximum Gasteiger partial charge on any atom is 0.0961 e. The molecule has 1 aromatic carbocycles. The van der Waals surface area contributed by atoms with Crippen molar-refractivity contribution in [2.45, 2.75) is 31.9 Å². The van der Waals surface area contributed by atoms with Crippen LogP contribution in [0.1, 0.15) is 22.7 Å². The molecule has 2 heterocycles. The van der Waals surface area contributed by atoms with Gasteiger partial charge in [0.1, 0.15) is 0 Å². The molecular formula is C15H18N2OS. The van der Waals surface area contributed by atoms with Gasteiger partial charge in [0.25, 0.3) is 0 Å². The number of nitrogens with zero attached hydrogens (tertiary/aromatic N) is 1. The quantitative estimate of drug-likeness (QED) is 0.932. The molecule has 0 saturated carbocycles. The van der Waals surface area contributed by atoms with Gasteiger partial charge in [0, 0.05) is 30.0 Å². The molecule has 1 atom stereocenters. The Morgan fingerprint density at radius 3 is 2.84 bits per heavy atom. The summed E-state index contributed by atoms with van der Waals surface area (Å²) in [6.07, 6.45) is 3.59. The van der Waals surface area contributed by atoms with Gasteiger partial charge < -0.3 is 10.5 Å². The molecule has 1 aromatic heterocycles. The summed E-state index contributed by atoms with van der Waals surface area (Å²) in [4.78, 5) is 5.94. The Balaban J connectivity index is 1.85. The molecule has 3 rings (SSSR count). The Kier molecular flexibility index (Phi) is 3.92. The third-order valence-corrected chi connectivity index (χ3v) is 4.50. The van der Waals surface area contributed by atoms with Crippen LogP contribution in [0.4, 0.5) is 0 Å². The molecule has 1 aliphatic rings. The molecule has 0 amide bonds. The van der Waals surface area contributed by atoms with E-state index in [0.717, 1.165) is 35.7 Å². The van der Waals surface area contributed by atoms with Crippen LogP contribution in [0.3, 0.4) is 0 Å². The molecule has 19 heavy (non-hydrogen) atoms. The third kappa shape index (κ3) is 2.86. The fourth-order valence-electron chi connectivity index (χ4n) is 2.45. The summed E-state index contributed by atoms with van der Waals surface area (Å²) in [5.74, 6) is 0. The molecule has 2 N–H and O–H groups in total. The van der Waals surface area contributed by atoms with Crippen molar-refractivity contribution in [1.82, 2.24) is 4.98 Å². The van der Waals surface area contributed by atoms with E-state index in [1.165, 1.54) is 11.3 Å². The first-order valence-electron chi connectivity index (χ1n) is 6.72. The maximum absolute atomic E-state index is 5.85. The van der Waals surface area contributed by atoms with Gasteiger partial charge in [0.15, 0.2) is 0 Å². The fraction of sp³-hybridized carbons (Fsp3) is 0.400. The second kappa shape index (κ2) is 5.82. The Labute approximate surface area is 117 Å². The van der Waals surface area contributed by atoms with Crippen molar-refractivity contribution in [3.63, 3.8) is 0 Å². The highest BCUT2D eigenvalue weighted by Crippen LogP contribution is 2.29. The fourth-order valence-corrected chi connectivity index (χ4v) is 3.48. The average Bonchev–Trinajstić information content (AvgIpc) is 3.09. The standard InChI is InChI=1S/C15H18N2OS/c16-10-13-15(11-5-2-1-3-6-11)17-14(19-13)9-12-7-4-8-18-12/h1-3,5-6,12H,4,7-10,16H2. The van der Waals surface area contributed by atoms with E-state index in [9.17, 15) is 0 Å². The van der Waals surface area contributed by atoms with Gasteiger partial charge in [-0.05, 0) is 12.8 Å². The Morgan fingerprint density at radius 2 is 2.16 bits per heavy atom. The molecule has 1 fully saturated rings. The maximum atomic E-state index is 5.85. The highest BCUT2D eigenvalue weighted by molar-refractivity contribution is 7.12. The second-order valence-corrected chi connectivity index (χ2v) is 5.96. The van der Waals surface area contributed by atoms with Crippen LogP contribution in [0.5, 0.6) is 0 Å². The number of nitrogens with two attached hydrogens (primary N) is 1. The molecule has 1 unspecified atom stereocenters. The predicted molar refractivity (Wildman–Crippen MR) is 78.1 cm³/mol. The summed E-state index contributed by atoms with van der Waals surface area (Å²) in [5.41, 5.74) is 8.04. The van der Waals surface area contributed by atoms with E-state index in [2.05, 4.69) is 12.1 Å². The number of ether oxygens (including phenoxy) is 1. The zero-order chi connectivity index (χ0) is 13.1. The molecule has 4 heteroatoms. The van der Waals surface area contributed by atoms with Gasteiger partial charge in [0.2, 0.25) is 0 Å². The van der Waals surface area contributed by atoms with E-state index < -0.39 is 0 Å². The van der Waals surface area contributed by atoms with Gasteiger partial charge in [-0.1, -0.05) is 30.3 Å². The molecule has 1 aliphatic heterocycles. The van der Waals surface area contributed by atoms with Gasteiger partial charge in [-0.3, -0.25) is 0 Å². The predicted octanol–water partition coefficient (Wildman–Crippen LogP) is 2.99. The molecule has 0 aliphatic carbocycles. The lowest BCUT2D eigenvalue weighted by Gasteiger charge is -2.05. The van der Waals surface area contributed by atoms with Crippen LogP contribution in [0.15, 0.2) is 30.3 Å². The number of aromatic nitrogens is 1. The van der Waals surface area contributed by atoms with E-state index in [1.807, 2.05) is 18.2 Å². The van der Waals surface area contributed by atoms with Crippen molar-refractivity contribution < 1.29 is 4.74 Å². The molecule has 0 bridgehead atoms. The largest absolute Gasteiger partial charge is 0.378 e. The van der Waals surface area contributed by atoms with Crippen LogP contribution in [0, 0.1) is 0 Å². The zero-order valence-electron chi connectivity index (χ0n) is 10.8. The molecule has 1 saturated heterocycles. The van der Waals surface area contributed by atoms with Crippen molar-refractivity contribution in [3.8, 4) is 11.3 Å². The molecule has 100 valence electrons. The third-order valence-electron chi connectivity index (χ3n) is 3.40. The van der Waals surface area contributed by atoms with E-state index in [1.54, 1.807) is 11.3 Å². The average molecular weight is 274 g/mol. The molecule has 0 spiro atoms. The van der Waals surface area contributed by atoms with Gasteiger partial charge in [-0.15, -0.1) is 11.3 Å². The number of thiazole rings is 1. The first-order chi connectivity index (χ1) is 9.36. The minimum Gasteiger partial charge on any atom is -0.378 e. The van der Waals surface area contributed by atoms with E-state index in [-0.39, 0.29) is 0 Å². The molecule has 2 aromatic rings. The second-order valence-electron chi connectivity index (χ2n) is 4.79. The zero-order valence-corrected chi connectivity index (χ0v) is 11.7. The van der Waals surface area contributed by atoms with Crippen LogP contribution in [-0.4, -0.2) is 17.7 Å². The number of rotatable bonds is 4. The Morgan fingerprint density at radius 1 is 1.32 bits per heavy atom. The summed E-state index contributed by atoms with van der Waals surface area (Å²) < 4.78 is 5.68. The Hall–Kier alpha value is -1.23. The minimum atomic E-state index is 0.348. The van der Waals surface area contributed by atoms with Crippen LogP contribution in [-0.2, 0) is 17.7 Å². The lowest BCUT2D eigenvalue weighted by molar-refractivity contribution is 0.111. The SMILES string of the molecule is NCc1sc(CC2CCCO2)nc1-c1ccccc1. The van der Waals surface area contributed by atoms with Gasteiger partial charge in [-0.2, -0.15) is 0 Å². The normalized spacial score (nSPS) is 18.9. The van der Waals surface area contributed by atoms with E-state index in [0.29, 0.717) is 12.6 Å². The molecule has 3 nitrogen and oxygen atoms in total. The summed E-state index contributed by atoms with van der Waals surface area (Å²) in [6, 6.07) is 10.3. The van der Waals surface area contributed by atoms with Crippen LogP contribution < -0.4 is 5.73 Å². The van der Waals surface area contributed by atoms with Crippen molar-refractivity contribution in [1.29, 1.82) is 0 Å². The number of hydrogen-bond acceptors (Lipinski definition) is 4. The van der Waals surface area contributed by atoms with Crippen LogP contribution in [0.2, 0.25) is 0 Å². The monoisotopic (exact) mass is 274 g/mol. The summed E-state index contributed by atoms with van der Waals surface area (Å²) in [5, 5.41) is 1.14. The van der Waals surface area contributed by atoms with Gasteiger partial charge >= 0.3 is 0 Å². The van der Waals surface area contributed by atoms with Crippen LogP contribution in [0.25, 0.3) is 11.3 Å². The van der Waals surface area contributed by atoms with Crippen LogP contribution >= 0.6 is 11.3 Å². The van der Waals surface area contributed by atoms with E-state index >= 15 is 0 Å². The van der Waals surface area contributed by atoms with Crippen molar-refractivity contribution in [3.05, 3.63) is 40.2 Å². The smallest absolute Gasteiger partial charge is 0.0961 e. The minimum absolute atomic E-state index is 0.348. The topological polar surface area (TPSA) is 48.1 Å². The lowest BCUT2D eigenvalue weighted by atomic mass is 10.1. The van der Waals surface area contributed by atoms with Crippen molar-refractivity contribution >= 4 is 11.3 Å². The summed E-state index contributed by atoms with van der Waals surface area (Å²) in [7, 11) is 0. The highest BCUT2D eigenvalue weighted by Gasteiger charge is 2.19. The summed E-state index contributed by atoms with van der Waals surface area (Å²) >= 11 is 1.73. The van der Waals surface area contributed by atoms with Gasteiger partial charge in [-0.25, -0.2) is 4.98 Å². The highest BCUT2D eigenvalue weighted by atomic mass is 32.1. The first-order valence-corrected chi connectivity index (χ1v) is 7.54. The first kappa shape index (κ1) is 12.8. The van der Waals surface area contributed by atoms with Gasteiger partial charge in [0.05, 0.1) is 16.8 Å². The summed E-state index contributed by atoms with van der Waals surface area (Å²) in [6.45, 7) is 1.44. The number of benzene rings is 1. The molecule has 0 radical (unpaired) electrons. The number of hydrogen-bond donors (Lipinski definition) is 1. The molecular weight excluding hydrogens is 256 g/mol. The van der Waals surface area contributed by atoms with E-state index in [4.69, 9.17) is 15.5 Å². The lowest BCUT2D eigenvalue weighted by Crippen LogP contribution is -2.08. The Bertz CT molecular complexity index is 532. The van der Waals surface area contributed by atoms with Crippen molar-refractivity contribution in [2.24, 2.45) is 5.73 Å². The van der Waals surface area contributed by atoms with Crippen molar-refractivity contribution in [2.75, 3.05) is 6.61 Å².